The van der Waals surface area contributed by atoms with Gasteiger partial charge in [-0.15, -0.1) is 23.2 Å². The highest BCUT2D eigenvalue weighted by molar-refractivity contribution is 6.24. The molecular formula is C21H34Cl2N6O5. The third kappa shape index (κ3) is 7.86. The molecule has 1 aliphatic carbocycles. The number of carboxylic acids is 1. The summed E-state index contributed by atoms with van der Waals surface area (Å²) in [5.41, 5.74) is 0. The van der Waals surface area contributed by atoms with E-state index in [2.05, 4.69) is 31.6 Å². The second-order valence-corrected chi connectivity index (χ2v) is 10.3. The maximum Gasteiger partial charge on any atom is 0.305 e. The van der Waals surface area contributed by atoms with Crippen LogP contribution >= 0.6 is 23.2 Å². The normalized spacial score (nSPS) is 32.5. The van der Waals surface area contributed by atoms with Crippen molar-refractivity contribution < 1.29 is 24.6 Å². The van der Waals surface area contributed by atoms with E-state index in [4.69, 9.17) is 23.2 Å². The van der Waals surface area contributed by atoms with Crippen LogP contribution in [0.25, 0.3) is 0 Å². The fourth-order valence-electron chi connectivity index (χ4n) is 4.73. The summed E-state index contributed by atoms with van der Waals surface area (Å²) in [5, 5.41) is 33.8. The van der Waals surface area contributed by atoms with E-state index >= 15 is 0 Å². The predicted molar refractivity (Wildman–Crippen MR) is 128 cm³/mol. The number of alkyl halides is 2. The number of amides is 2. The highest BCUT2D eigenvalue weighted by Crippen LogP contribution is 2.34. The molecule has 3 aliphatic rings. The number of aliphatic imine (C=N–C) groups is 1. The van der Waals surface area contributed by atoms with Gasteiger partial charge in [-0.25, -0.2) is 0 Å². The van der Waals surface area contributed by atoms with Crippen LogP contribution in [-0.2, 0) is 14.4 Å². The Morgan fingerprint density at radius 1 is 1.18 bits per heavy atom. The van der Waals surface area contributed by atoms with Crippen LogP contribution in [0.3, 0.4) is 0 Å². The van der Waals surface area contributed by atoms with Crippen LogP contribution in [0.2, 0.25) is 0 Å². The van der Waals surface area contributed by atoms with Gasteiger partial charge < -0.3 is 36.8 Å². The van der Waals surface area contributed by atoms with Gasteiger partial charge in [0.05, 0.1) is 30.4 Å². The van der Waals surface area contributed by atoms with Crippen LogP contribution in [0.5, 0.6) is 0 Å². The summed E-state index contributed by atoms with van der Waals surface area (Å²) in [6, 6.07) is -0.823. The SMILES string of the molecule is O=C(O)CC(NC(=O)CNC(=O)C1CNCC(NC2=NCCCN2)C1)C1CC(Cl)CC(Cl)C1O. The Balaban J connectivity index is 1.49. The summed E-state index contributed by atoms with van der Waals surface area (Å²) >= 11 is 12.4. The molecular weight excluding hydrogens is 487 g/mol. The minimum atomic E-state index is -1.12. The van der Waals surface area contributed by atoms with Gasteiger partial charge in [-0.1, -0.05) is 0 Å². The number of halogens is 2. The molecule has 2 aliphatic heterocycles. The molecule has 3 rings (SSSR count). The van der Waals surface area contributed by atoms with Gasteiger partial charge in [0.25, 0.3) is 0 Å². The molecule has 0 radical (unpaired) electrons. The van der Waals surface area contributed by atoms with Crippen LogP contribution in [0.1, 0.15) is 32.1 Å². The Bertz CT molecular complexity index is 772. The number of nitrogens with zero attached hydrogens (tertiary/aromatic N) is 1. The Morgan fingerprint density at radius 2 is 1.97 bits per heavy atom. The van der Waals surface area contributed by atoms with E-state index in [0.717, 1.165) is 25.5 Å². The molecule has 7 unspecified atom stereocenters. The van der Waals surface area contributed by atoms with Crippen molar-refractivity contribution in [1.29, 1.82) is 0 Å². The molecule has 13 heteroatoms. The maximum atomic E-state index is 12.7. The van der Waals surface area contributed by atoms with E-state index in [1.807, 2.05) is 0 Å². The summed E-state index contributed by atoms with van der Waals surface area (Å²) in [6.45, 7) is 2.54. The maximum absolute atomic E-state index is 12.7. The highest BCUT2D eigenvalue weighted by atomic mass is 35.5. The van der Waals surface area contributed by atoms with Gasteiger partial charge in [0, 0.05) is 49.6 Å². The number of hydrogen-bond acceptors (Lipinski definition) is 8. The van der Waals surface area contributed by atoms with Crippen molar-refractivity contribution in [2.45, 2.75) is 61.0 Å². The molecule has 0 spiro atoms. The summed E-state index contributed by atoms with van der Waals surface area (Å²) in [5.74, 6) is -2.09. The molecule has 11 nitrogen and oxygen atoms in total. The number of rotatable bonds is 8. The minimum absolute atomic E-state index is 0.0300. The van der Waals surface area contributed by atoms with Gasteiger partial charge in [0.2, 0.25) is 11.8 Å². The molecule has 1 saturated carbocycles. The average Bonchev–Trinajstić information content (AvgIpc) is 2.80. The van der Waals surface area contributed by atoms with Gasteiger partial charge in [0.1, 0.15) is 0 Å². The number of carbonyl (C=O) groups excluding carboxylic acids is 2. The lowest BCUT2D eigenvalue weighted by molar-refractivity contribution is -0.139. The molecule has 0 aromatic rings. The second-order valence-electron chi connectivity index (χ2n) is 9.17. The molecule has 0 aromatic carbocycles. The van der Waals surface area contributed by atoms with Gasteiger partial charge in [-0.05, 0) is 25.7 Å². The van der Waals surface area contributed by atoms with E-state index in [9.17, 15) is 24.6 Å². The van der Waals surface area contributed by atoms with Crippen molar-refractivity contribution in [1.82, 2.24) is 26.6 Å². The first kappa shape index (κ1) is 26.8. The molecule has 1 saturated heterocycles. The number of hydrogen-bond donors (Lipinski definition) is 7. The minimum Gasteiger partial charge on any atom is -0.481 e. The molecule has 34 heavy (non-hydrogen) atoms. The molecule has 2 heterocycles. The zero-order valence-electron chi connectivity index (χ0n) is 18.9. The smallest absolute Gasteiger partial charge is 0.305 e. The number of carbonyl (C=O) groups is 3. The monoisotopic (exact) mass is 520 g/mol. The van der Waals surface area contributed by atoms with Crippen molar-refractivity contribution in [2.24, 2.45) is 16.8 Å². The zero-order chi connectivity index (χ0) is 24.7. The largest absolute Gasteiger partial charge is 0.481 e. The number of piperidine rings is 1. The third-order valence-electron chi connectivity index (χ3n) is 6.46. The van der Waals surface area contributed by atoms with Crippen molar-refractivity contribution in [3.63, 3.8) is 0 Å². The van der Waals surface area contributed by atoms with Crippen LogP contribution in [0.4, 0.5) is 0 Å². The van der Waals surface area contributed by atoms with Crippen LogP contribution < -0.4 is 26.6 Å². The summed E-state index contributed by atoms with van der Waals surface area (Å²) in [7, 11) is 0. The Labute approximate surface area is 208 Å². The van der Waals surface area contributed by atoms with Crippen molar-refractivity contribution >= 4 is 46.9 Å². The number of carboxylic acid groups (broad SMARTS) is 1. The lowest BCUT2D eigenvalue weighted by atomic mass is 9.79. The van der Waals surface area contributed by atoms with Crippen LogP contribution in [0, 0.1) is 11.8 Å². The number of nitrogens with one attached hydrogen (secondary N) is 5. The summed E-state index contributed by atoms with van der Waals surface area (Å²) in [6.07, 6.45) is 0.944. The molecule has 7 atom stereocenters. The van der Waals surface area contributed by atoms with Crippen molar-refractivity contribution in [3.05, 3.63) is 0 Å². The first-order valence-electron chi connectivity index (χ1n) is 11.7. The van der Waals surface area contributed by atoms with E-state index in [0.29, 0.717) is 32.4 Å². The fraction of sp³-hybridized carbons (Fsp3) is 0.810. The molecule has 2 fully saturated rings. The molecule has 0 aromatic heterocycles. The highest BCUT2D eigenvalue weighted by Gasteiger charge is 2.40. The van der Waals surface area contributed by atoms with Gasteiger partial charge in [0.15, 0.2) is 5.96 Å². The van der Waals surface area contributed by atoms with Crippen LogP contribution in [0.15, 0.2) is 4.99 Å². The fourth-order valence-corrected chi connectivity index (χ4v) is 5.62. The second kappa shape index (κ2) is 12.8. The van der Waals surface area contributed by atoms with E-state index in [1.165, 1.54) is 0 Å². The summed E-state index contributed by atoms with van der Waals surface area (Å²) < 4.78 is 0. The Hall–Kier alpha value is -1.82. The predicted octanol–water partition coefficient (Wildman–Crippen LogP) is -1.04. The summed E-state index contributed by atoms with van der Waals surface area (Å²) in [4.78, 5) is 41.0. The van der Waals surface area contributed by atoms with E-state index < -0.39 is 35.3 Å². The average molecular weight is 521 g/mol. The number of aliphatic hydroxyl groups is 1. The molecule has 7 N–H and O–H groups in total. The Kier molecular flexibility index (Phi) is 10.0. The third-order valence-corrected chi connectivity index (χ3v) is 7.25. The standard InChI is InChI=1S/C21H34Cl2N6O5/c22-12-5-14(19(33)15(23)6-12)16(7-18(31)32)29-17(30)10-27-20(34)11-4-13(9-24-8-11)28-21-25-2-1-3-26-21/h11-16,19,24,33H,1-10H2,(H,27,34)(H,29,30)(H,31,32)(H2,25,26,28). The lowest BCUT2D eigenvalue weighted by Crippen LogP contribution is -2.56. The molecule has 2 amide bonds. The van der Waals surface area contributed by atoms with Crippen molar-refractivity contribution in [2.75, 3.05) is 32.7 Å². The van der Waals surface area contributed by atoms with Crippen LogP contribution in [-0.4, -0.2) is 95.6 Å². The zero-order valence-corrected chi connectivity index (χ0v) is 20.4. The quantitative estimate of drug-likeness (QED) is 0.199. The number of aliphatic carboxylic acids is 1. The first-order chi connectivity index (χ1) is 16.2. The first-order valence-corrected chi connectivity index (χ1v) is 12.6. The van der Waals surface area contributed by atoms with E-state index in [1.54, 1.807) is 0 Å². The molecule has 0 bridgehead atoms. The topological polar surface area (TPSA) is 164 Å². The number of guanidine groups is 1. The van der Waals surface area contributed by atoms with E-state index in [-0.39, 0.29) is 36.2 Å². The molecule has 192 valence electrons. The van der Waals surface area contributed by atoms with Gasteiger partial charge in [-0.3, -0.25) is 19.4 Å². The van der Waals surface area contributed by atoms with Gasteiger partial charge >= 0.3 is 5.97 Å². The Morgan fingerprint density at radius 3 is 2.68 bits per heavy atom. The number of aliphatic hydroxyl groups excluding tert-OH is 1. The van der Waals surface area contributed by atoms with Crippen molar-refractivity contribution in [3.8, 4) is 0 Å². The van der Waals surface area contributed by atoms with Gasteiger partial charge in [-0.2, -0.15) is 0 Å². The lowest BCUT2D eigenvalue weighted by Gasteiger charge is -2.38.